The van der Waals surface area contributed by atoms with Gasteiger partial charge in [0.2, 0.25) is 0 Å². The monoisotopic (exact) mass is 286 g/mol. The summed E-state index contributed by atoms with van der Waals surface area (Å²) in [6.07, 6.45) is 0. The van der Waals surface area contributed by atoms with Gasteiger partial charge in [-0.2, -0.15) is 5.10 Å². The highest BCUT2D eigenvalue weighted by atomic mass is 16.2. The summed E-state index contributed by atoms with van der Waals surface area (Å²) in [5.41, 5.74) is 3.35. The molecule has 21 heavy (non-hydrogen) atoms. The molecule has 1 aromatic heterocycles. The van der Waals surface area contributed by atoms with Gasteiger partial charge in [0.1, 0.15) is 5.69 Å². The lowest BCUT2D eigenvalue weighted by molar-refractivity contribution is 0.101. The number of carbonyl (C=O) groups excluding carboxylic acids is 1. The van der Waals surface area contributed by atoms with E-state index in [0.29, 0.717) is 12.2 Å². The summed E-state index contributed by atoms with van der Waals surface area (Å²) in [6, 6.07) is 9.65. The average Bonchev–Trinajstić information content (AvgIpc) is 2.87. The zero-order valence-corrected chi connectivity index (χ0v) is 12.8. The van der Waals surface area contributed by atoms with Crippen molar-refractivity contribution in [1.82, 2.24) is 15.1 Å². The number of carbonyl (C=O) groups is 1. The highest BCUT2D eigenvalue weighted by molar-refractivity contribution is 6.03. The van der Waals surface area contributed by atoms with Crippen molar-refractivity contribution in [2.45, 2.75) is 33.9 Å². The summed E-state index contributed by atoms with van der Waals surface area (Å²) in [5, 5.41) is 10.6. The summed E-state index contributed by atoms with van der Waals surface area (Å²) < 4.78 is 1.72. The van der Waals surface area contributed by atoms with E-state index in [1.165, 1.54) is 0 Å². The van der Waals surface area contributed by atoms with Gasteiger partial charge in [-0.15, -0.1) is 0 Å². The molecule has 2 aromatic rings. The summed E-state index contributed by atoms with van der Waals surface area (Å²) in [7, 11) is 0. The Hall–Kier alpha value is -2.14. The Bertz CT molecular complexity index is 618. The number of hydrogen-bond acceptors (Lipinski definition) is 3. The van der Waals surface area contributed by atoms with Gasteiger partial charge in [-0.1, -0.05) is 25.1 Å². The number of nitrogens with zero attached hydrogens (tertiary/aromatic N) is 2. The normalized spacial score (nSPS) is 10.6. The molecule has 0 aliphatic heterocycles. The second-order valence-electron chi connectivity index (χ2n) is 4.88. The summed E-state index contributed by atoms with van der Waals surface area (Å²) in [5.74, 6) is -0.124. The second kappa shape index (κ2) is 7.04. The van der Waals surface area contributed by atoms with Crippen LogP contribution < -0.4 is 10.6 Å². The maximum Gasteiger partial charge on any atom is 0.273 e. The molecule has 1 amide bonds. The van der Waals surface area contributed by atoms with Gasteiger partial charge in [0.15, 0.2) is 0 Å². The standard InChI is InChI=1S/C16H22N4O/c1-4-17-11-13-8-6-7-9-14(13)18-16(21)15-10-12(3)19-20(15)5-2/h6-10,17H,4-5,11H2,1-3H3,(H,18,21). The first-order valence-electron chi connectivity index (χ1n) is 7.30. The van der Waals surface area contributed by atoms with Gasteiger partial charge in [-0.05, 0) is 38.1 Å². The van der Waals surface area contributed by atoms with Crippen molar-refractivity contribution in [3.05, 3.63) is 47.3 Å². The Morgan fingerprint density at radius 1 is 1.29 bits per heavy atom. The average molecular weight is 286 g/mol. The topological polar surface area (TPSA) is 58.9 Å². The number of benzene rings is 1. The number of aryl methyl sites for hydroxylation is 2. The molecule has 0 radical (unpaired) electrons. The molecule has 0 fully saturated rings. The van der Waals surface area contributed by atoms with Gasteiger partial charge < -0.3 is 10.6 Å². The predicted octanol–water partition coefficient (Wildman–Crippen LogP) is 2.57. The molecule has 1 aromatic carbocycles. The molecule has 5 nitrogen and oxygen atoms in total. The van der Waals surface area contributed by atoms with Crippen LogP contribution in [0.5, 0.6) is 0 Å². The SMILES string of the molecule is CCNCc1ccccc1NC(=O)c1cc(C)nn1CC. The van der Waals surface area contributed by atoms with E-state index in [2.05, 4.69) is 22.7 Å². The molecule has 2 N–H and O–H groups in total. The van der Waals surface area contributed by atoms with Crippen LogP contribution >= 0.6 is 0 Å². The van der Waals surface area contributed by atoms with Crippen LogP contribution in [-0.4, -0.2) is 22.2 Å². The van der Waals surface area contributed by atoms with Gasteiger partial charge >= 0.3 is 0 Å². The van der Waals surface area contributed by atoms with Crippen molar-refractivity contribution in [3.8, 4) is 0 Å². The first-order valence-corrected chi connectivity index (χ1v) is 7.30. The van der Waals surface area contributed by atoms with Crippen molar-refractivity contribution in [1.29, 1.82) is 0 Å². The quantitative estimate of drug-likeness (QED) is 0.858. The molecule has 0 bridgehead atoms. The molecule has 0 unspecified atom stereocenters. The summed E-state index contributed by atoms with van der Waals surface area (Å²) >= 11 is 0. The minimum atomic E-state index is -0.124. The fraction of sp³-hybridized carbons (Fsp3) is 0.375. The zero-order valence-electron chi connectivity index (χ0n) is 12.8. The maximum atomic E-state index is 12.4. The minimum Gasteiger partial charge on any atom is -0.320 e. The fourth-order valence-electron chi connectivity index (χ4n) is 2.21. The molecule has 1 heterocycles. The molecule has 0 atom stereocenters. The van der Waals surface area contributed by atoms with Crippen LogP contribution in [0.4, 0.5) is 5.69 Å². The Balaban J connectivity index is 2.19. The number of aromatic nitrogens is 2. The molecular formula is C16H22N4O. The molecule has 112 valence electrons. The van der Waals surface area contributed by atoms with Gasteiger partial charge in [0.05, 0.1) is 5.69 Å². The van der Waals surface area contributed by atoms with Crippen LogP contribution in [0.2, 0.25) is 0 Å². The molecule has 5 heteroatoms. The first-order chi connectivity index (χ1) is 10.2. The number of anilines is 1. The highest BCUT2D eigenvalue weighted by Gasteiger charge is 2.14. The van der Waals surface area contributed by atoms with E-state index in [1.54, 1.807) is 4.68 Å². The molecule has 0 spiro atoms. The Kier molecular flexibility index (Phi) is 5.11. The number of nitrogens with one attached hydrogen (secondary N) is 2. The van der Waals surface area contributed by atoms with Crippen LogP contribution in [0.15, 0.2) is 30.3 Å². The van der Waals surface area contributed by atoms with Gasteiger partial charge in [-0.3, -0.25) is 9.48 Å². The molecule has 0 aliphatic carbocycles. The van der Waals surface area contributed by atoms with Crippen LogP contribution in [0.25, 0.3) is 0 Å². The Morgan fingerprint density at radius 2 is 2.05 bits per heavy atom. The van der Waals surface area contributed by atoms with Crippen LogP contribution in [0, 0.1) is 6.92 Å². The van der Waals surface area contributed by atoms with Gasteiger partial charge in [0.25, 0.3) is 5.91 Å². The van der Waals surface area contributed by atoms with Crippen molar-refractivity contribution in [2.75, 3.05) is 11.9 Å². The summed E-state index contributed by atoms with van der Waals surface area (Å²) in [6.45, 7) is 8.23. The smallest absolute Gasteiger partial charge is 0.273 e. The minimum absolute atomic E-state index is 0.124. The van der Waals surface area contributed by atoms with E-state index in [0.717, 1.165) is 30.0 Å². The van der Waals surface area contributed by atoms with Crippen LogP contribution in [-0.2, 0) is 13.1 Å². The first kappa shape index (κ1) is 15.3. The number of rotatable bonds is 6. The van der Waals surface area contributed by atoms with Gasteiger partial charge in [-0.25, -0.2) is 0 Å². The number of amides is 1. The van der Waals surface area contributed by atoms with Crippen molar-refractivity contribution in [3.63, 3.8) is 0 Å². The van der Waals surface area contributed by atoms with E-state index in [9.17, 15) is 4.79 Å². The molecule has 0 aliphatic rings. The molecule has 0 saturated heterocycles. The van der Waals surface area contributed by atoms with Crippen molar-refractivity contribution in [2.24, 2.45) is 0 Å². The highest BCUT2D eigenvalue weighted by Crippen LogP contribution is 2.16. The van der Waals surface area contributed by atoms with Gasteiger partial charge in [0, 0.05) is 18.8 Å². The third kappa shape index (κ3) is 3.70. The molecular weight excluding hydrogens is 264 g/mol. The van der Waals surface area contributed by atoms with E-state index in [4.69, 9.17) is 0 Å². The van der Waals surface area contributed by atoms with E-state index < -0.39 is 0 Å². The largest absolute Gasteiger partial charge is 0.320 e. The van der Waals surface area contributed by atoms with E-state index >= 15 is 0 Å². The van der Waals surface area contributed by atoms with Crippen LogP contribution in [0.3, 0.4) is 0 Å². The zero-order chi connectivity index (χ0) is 15.2. The fourth-order valence-corrected chi connectivity index (χ4v) is 2.21. The second-order valence-corrected chi connectivity index (χ2v) is 4.88. The predicted molar refractivity (Wildman–Crippen MR) is 84.4 cm³/mol. The third-order valence-corrected chi connectivity index (χ3v) is 3.27. The number of para-hydroxylation sites is 1. The number of hydrogen-bond donors (Lipinski definition) is 2. The lowest BCUT2D eigenvalue weighted by atomic mass is 10.1. The van der Waals surface area contributed by atoms with E-state index in [1.807, 2.05) is 44.2 Å². The Labute approximate surface area is 125 Å². The van der Waals surface area contributed by atoms with E-state index in [-0.39, 0.29) is 5.91 Å². The van der Waals surface area contributed by atoms with Crippen LogP contribution in [0.1, 0.15) is 35.6 Å². The lowest BCUT2D eigenvalue weighted by Crippen LogP contribution is -2.19. The molecule has 2 rings (SSSR count). The molecule has 0 saturated carbocycles. The lowest BCUT2D eigenvalue weighted by Gasteiger charge is -2.11. The summed E-state index contributed by atoms with van der Waals surface area (Å²) in [4.78, 5) is 12.4. The van der Waals surface area contributed by atoms with Crippen molar-refractivity contribution < 1.29 is 4.79 Å². The third-order valence-electron chi connectivity index (χ3n) is 3.27. The maximum absolute atomic E-state index is 12.4. The van der Waals surface area contributed by atoms with Crippen molar-refractivity contribution >= 4 is 11.6 Å². The Morgan fingerprint density at radius 3 is 2.76 bits per heavy atom.